The first kappa shape index (κ1) is 35.2. The molecule has 2 aliphatic heterocycles. The number of benzene rings is 1. The van der Waals surface area contributed by atoms with Crippen LogP contribution in [0.5, 0.6) is 11.5 Å². The third kappa shape index (κ3) is 8.11. The Labute approximate surface area is 274 Å². The summed E-state index contributed by atoms with van der Waals surface area (Å²) in [6, 6.07) is 4.55. The van der Waals surface area contributed by atoms with Gasteiger partial charge in [-0.2, -0.15) is 26.3 Å². The molecule has 2 aromatic heterocycles. The molecule has 0 aliphatic carbocycles. The molecule has 4 N–H and O–H groups in total. The Bertz CT molecular complexity index is 1510. The second-order valence-electron chi connectivity index (χ2n) is 11.8. The summed E-state index contributed by atoms with van der Waals surface area (Å²) in [5.74, 6) is 7.10. The highest BCUT2D eigenvalue weighted by atomic mass is 19.4. The number of hydrogen-bond donors (Lipinski definition) is 2. The molecule has 4 heterocycles. The van der Waals surface area contributed by atoms with Crippen LogP contribution in [0.1, 0.15) is 56.5 Å². The maximum atomic E-state index is 13.6. The molecule has 2 unspecified atom stereocenters. The van der Waals surface area contributed by atoms with E-state index in [0.717, 1.165) is 35.1 Å². The van der Waals surface area contributed by atoms with Crippen LogP contribution >= 0.6 is 0 Å². The van der Waals surface area contributed by atoms with E-state index in [1.54, 1.807) is 4.90 Å². The van der Waals surface area contributed by atoms with Crippen molar-refractivity contribution in [3.63, 3.8) is 0 Å². The molecule has 0 spiro atoms. The molecule has 48 heavy (non-hydrogen) atoms. The van der Waals surface area contributed by atoms with E-state index >= 15 is 0 Å². The van der Waals surface area contributed by atoms with Crippen LogP contribution in [0, 0.1) is 5.92 Å². The first-order valence-corrected chi connectivity index (χ1v) is 15.8. The topological polar surface area (TPSA) is 132 Å². The monoisotopic (exact) mass is 683 g/mol. The molecule has 0 amide bonds. The van der Waals surface area contributed by atoms with Crippen molar-refractivity contribution in [1.82, 2.24) is 24.8 Å². The number of nitrogens with two attached hydrogens (primary N) is 2. The minimum absolute atomic E-state index is 0.00223. The Kier molecular flexibility index (Phi) is 10.7. The Morgan fingerprint density at radius 2 is 1.44 bits per heavy atom. The molecule has 262 valence electrons. The van der Waals surface area contributed by atoms with Gasteiger partial charge in [-0.15, -0.1) is 0 Å². The lowest BCUT2D eigenvalue weighted by Crippen LogP contribution is -2.56. The van der Waals surface area contributed by atoms with Gasteiger partial charge in [-0.3, -0.25) is 9.91 Å². The number of anilines is 3. The Morgan fingerprint density at radius 1 is 0.854 bits per heavy atom. The van der Waals surface area contributed by atoms with E-state index in [0.29, 0.717) is 75.7 Å². The number of rotatable bonds is 10. The largest absolute Gasteiger partial charge is 0.492 e. The van der Waals surface area contributed by atoms with Crippen LogP contribution in [-0.2, 0) is 18.9 Å². The van der Waals surface area contributed by atoms with Gasteiger partial charge in [-0.25, -0.2) is 25.8 Å². The number of hydrogen-bond acceptors (Lipinski definition) is 11. The van der Waals surface area contributed by atoms with Crippen molar-refractivity contribution in [2.75, 3.05) is 48.5 Å². The number of ether oxygens (including phenoxy) is 2. The zero-order chi connectivity index (χ0) is 34.6. The van der Waals surface area contributed by atoms with Gasteiger partial charge in [0, 0.05) is 31.5 Å². The van der Waals surface area contributed by atoms with Crippen molar-refractivity contribution in [2.45, 2.75) is 70.5 Å². The number of nitrogens with zero attached hydrogens (tertiary/aromatic N) is 7. The van der Waals surface area contributed by atoms with Crippen LogP contribution in [0.4, 0.5) is 43.9 Å². The van der Waals surface area contributed by atoms with Gasteiger partial charge in [-0.1, -0.05) is 0 Å². The van der Waals surface area contributed by atoms with Gasteiger partial charge in [0.2, 0.25) is 11.9 Å². The van der Waals surface area contributed by atoms with E-state index in [9.17, 15) is 26.3 Å². The molecule has 2 atom stereocenters. The summed E-state index contributed by atoms with van der Waals surface area (Å²) in [6.07, 6.45) is -5.22. The quantitative estimate of drug-likeness (QED) is 0.125. The molecule has 3 aromatic rings. The van der Waals surface area contributed by atoms with E-state index < -0.39 is 29.8 Å². The van der Waals surface area contributed by atoms with Gasteiger partial charge in [0.15, 0.2) is 0 Å². The average Bonchev–Trinajstić information content (AvgIpc) is 3.06. The first-order valence-electron chi connectivity index (χ1n) is 15.8. The van der Waals surface area contributed by atoms with Crippen LogP contribution in [0.2, 0.25) is 0 Å². The summed E-state index contributed by atoms with van der Waals surface area (Å²) >= 11 is 0. The molecule has 2 saturated heterocycles. The highest BCUT2D eigenvalue weighted by Crippen LogP contribution is 2.38. The highest BCUT2D eigenvalue weighted by molar-refractivity contribution is 5.64. The van der Waals surface area contributed by atoms with Crippen molar-refractivity contribution in [2.24, 2.45) is 11.8 Å². The van der Waals surface area contributed by atoms with E-state index in [1.807, 2.05) is 26.0 Å². The van der Waals surface area contributed by atoms with Gasteiger partial charge < -0.3 is 20.1 Å². The minimum atomic E-state index is -4.68. The van der Waals surface area contributed by atoms with E-state index in [2.05, 4.69) is 24.8 Å². The fourth-order valence-electron chi connectivity index (χ4n) is 6.41. The Balaban J connectivity index is 1.35. The van der Waals surface area contributed by atoms with Crippen molar-refractivity contribution >= 4 is 17.6 Å². The maximum absolute atomic E-state index is 13.6. The van der Waals surface area contributed by atoms with Crippen LogP contribution < -0.4 is 31.0 Å². The van der Waals surface area contributed by atoms with Gasteiger partial charge in [0.25, 0.3) is 0 Å². The predicted molar refractivity (Wildman–Crippen MR) is 166 cm³/mol. The summed E-state index contributed by atoms with van der Waals surface area (Å²) < 4.78 is 92.3. The maximum Gasteiger partial charge on any atom is 0.433 e. The SMILES string of the molecule is CCOc1cc(CN2CCC(C3CC(N(N)c4nccc(C(F)(F)F)n4)CCN3c3nccc(C(F)(F)F)n3)CC2)cc(OCC)c1N. The molecule has 1 aromatic carbocycles. The summed E-state index contributed by atoms with van der Waals surface area (Å²) in [7, 11) is 0. The Hall–Kier alpha value is -4.12. The zero-order valence-corrected chi connectivity index (χ0v) is 26.6. The lowest BCUT2D eigenvalue weighted by molar-refractivity contribution is -0.142. The highest BCUT2D eigenvalue weighted by Gasteiger charge is 2.41. The average molecular weight is 684 g/mol. The second-order valence-corrected chi connectivity index (χ2v) is 11.8. The van der Waals surface area contributed by atoms with Crippen LogP contribution in [-0.4, -0.2) is 69.8 Å². The van der Waals surface area contributed by atoms with Crippen molar-refractivity contribution < 1.29 is 35.8 Å². The van der Waals surface area contributed by atoms with Gasteiger partial charge in [0.05, 0.1) is 19.3 Å². The van der Waals surface area contributed by atoms with Gasteiger partial charge in [0.1, 0.15) is 28.6 Å². The van der Waals surface area contributed by atoms with Crippen LogP contribution in [0.25, 0.3) is 0 Å². The second kappa shape index (κ2) is 14.6. The molecule has 11 nitrogen and oxygen atoms in total. The van der Waals surface area contributed by atoms with Crippen LogP contribution in [0.15, 0.2) is 36.7 Å². The third-order valence-electron chi connectivity index (χ3n) is 8.71. The number of alkyl halides is 6. The van der Waals surface area contributed by atoms with Gasteiger partial charge >= 0.3 is 12.4 Å². The standard InChI is InChI=1S/C31H39F6N9O2/c1-3-47-23-15-19(16-24(27(23)38)48-4-2)18-44-12-7-20(8-13-44)22-17-21(46(39)29-41-11-6-26(43-29)31(35,36)37)9-14-45(22)28-40-10-5-25(42-28)30(32,33)34/h5-6,10-11,15-16,20-22H,3-4,7-9,12-14,17-18,38-39H2,1-2H3. The minimum Gasteiger partial charge on any atom is -0.492 e. The van der Waals surface area contributed by atoms with Crippen LogP contribution in [0.3, 0.4) is 0 Å². The molecule has 5 rings (SSSR count). The van der Waals surface area contributed by atoms with Crippen molar-refractivity contribution in [3.05, 3.63) is 53.6 Å². The lowest BCUT2D eigenvalue weighted by Gasteiger charge is -2.47. The van der Waals surface area contributed by atoms with E-state index in [-0.39, 0.29) is 30.4 Å². The number of hydrazine groups is 1. The van der Waals surface area contributed by atoms with Crippen molar-refractivity contribution in [3.8, 4) is 11.5 Å². The smallest absolute Gasteiger partial charge is 0.433 e. The third-order valence-corrected chi connectivity index (χ3v) is 8.71. The normalized spacial score (nSPS) is 19.7. The molecule has 0 bridgehead atoms. The first-order chi connectivity index (χ1) is 22.8. The number of nitrogen functional groups attached to an aromatic ring is 1. The summed E-state index contributed by atoms with van der Waals surface area (Å²) in [6.45, 7) is 6.84. The van der Waals surface area contributed by atoms with Gasteiger partial charge in [-0.05, 0) is 88.4 Å². The summed E-state index contributed by atoms with van der Waals surface area (Å²) in [5, 5.41) is 1.13. The number of aromatic nitrogens is 4. The fraction of sp³-hybridized carbons (Fsp3) is 0.548. The lowest BCUT2D eigenvalue weighted by atomic mass is 9.82. The molecular weight excluding hydrogens is 644 g/mol. The molecule has 0 radical (unpaired) electrons. The summed E-state index contributed by atoms with van der Waals surface area (Å²) in [4.78, 5) is 19.7. The Morgan fingerprint density at radius 3 is 2.02 bits per heavy atom. The van der Waals surface area contributed by atoms with Crippen molar-refractivity contribution in [1.29, 1.82) is 0 Å². The van der Waals surface area contributed by atoms with E-state index in [4.69, 9.17) is 21.1 Å². The fourth-order valence-corrected chi connectivity index (χ4v) is 6.41. The molecule has 2 fully saturated rings. The van der Waals surface area contributed by atoms with E-state index in [1.165, 1.54) is 0 Å². The molecule has 0 saturated carbocycles. The number of piperidine rings is 2. The molecule has 2 aliphatic rings. The number of likely N-dealkylation sites (tertiary alicyclic amines) is 1. The zero-order valence-electron chi connectivity index (χ0n) is 26.6. The predicted octanol–water partition coefficient (Wildman–Crippen LogP) is 5.31. The molecular formula is C31H39F6N9O2. The molecule has 17 heteroatoms. The number of halogens is 6. The summed E-state index contributed by atoms with van der Waals surface area (Å²) in [5.41, 5.74) is 5.47.